The molecule has 0 spiro atoms. The Hall–Kier alpha value is -3.52. The van der Waals surface area contributed by atoms with Crippen LogP contribution in [0.2, 0.25) is 0 Å². The minimum Gasteiger partial charge on any atom is -0.495 e. The Bertz CT molecular complexity index is 1220. The summed E-state index contributed by atoms with van der Waals surface area (Å²) in [6, 6.07) is 17.2. The van der Waals surface area contributed by atoms with E-state index in [0.29, 0.717) is 28.4 Å². The van der Waals surface area contributed by atoms with Crippen LogP contribution in [-0.2, 0) is 14.8 Å². The first-order valence-electron chi connectivity index (χ1n) is 9.96. The average molecular weight is 455 g/mol. The highest BCUT2D eigenvalue weighted by atomic mass is 32.2. The quantitative estimate of drug-likeness (QED) is 0.525. The lowest BCUT2D eigenvalue weighted by Crippen LogP contribution is -2.21. The Morgan fingerprint density at radius 2 is 1.59 bits per heavy atom. The van der Waals surface area contributed by atoms with Gasteiger partial charge in [-0.2, -0.15) is 0 Å². The number of hydrogen-bond acceptors (Lipinski definition) is 5. The van der Waals surface area contributed by atoms with Crippen LogP contribution in [0.3, 0.4) is 0 Å². The van der Waals surface area contributed by atoms with Gasteiger partial charge in [0.25, 0.3) is 15.9 Å². The number of ether oxygens (including phenoxy) is 2. The van der Waals surface area contributed by atoms with Crippen molar-refractivity contribution in [3.63, 3.8) is 0 Å². The Balaban J connectivity index is 1.75. The molecule has 0 bridgehead atoms. The lowest BCUT2D eigenvalue weighted by Gasteiger charge is -2.15. The Morgan fingerprint density at radius 3 is 2.28 bits per heavy atom. The minimum atomic E-state index is -3.91. The summed E-state index contributed by atoms with van der Waals surface area (Å²) < 4.78 is 39.5. The summed E-state index contributed by atoms with van der Waals surface area (Å²) in [5.74, 6) is 0.676. The number of carbonyl (C=O) groups excluding carboxylic acids is 1. The largest absolute Gasteiger partial charge is 0.495 e. The smallest absolute Gasteiger partial charge is 0.262 e. The lowest BCUT2D eigenvalue weighted by molar-refractivity contribution is -0.118. The van der Waals surface area contributed by atoms with Crippen molar-refractivity contribution in [2.75, 3.05) is 23.8 Å². The fourth-order valence-electron chi connectivity index (χ4n) is 3.26. The molecule has 0 atom stereocenters. The van der Waals surface area contributed by atoms with Crippen LogP contribution in [0.1, 0.15) is 16.7 Å². The molecule has 0 aliphatic carbocycles. The molecule has 32 heavy (non-hydrogen) atoms. The van der Waals surface area contributed by atoms with Crippen LogP contribution < -0.4 is 19.5 Å². The van der Waals surface area contributed by atoms with E-state index in [1.165, 1.54) is 13.2 Å². The number of sulfonamides is 1. The van der Waals surface area contributed by atoms with Gasteiger partial charge in [0.05, 0.1) is 17.7 Å². The molecule has 0 saturated carbocycles. The summed E-state index contributed by atoms with van der Waals surface area (Å²) in [7, 11) is -2.45. The first kappa shape index (κ1) is 23.1. The summed E-state index contributed by atoms with van der Waals surface area (Å²) >= 11 is 0. The first-order chi connectivity index (χ1) is 15.2. The van der Waals surface area contributed by atoms with E-state index in [0.717, 1.165) is 11.1 Å². The number of aryl methyl sites for hydroxylation is 3. The molecule has 168 valence electrons. The fraction of sp³-hybridized carbons (Fsp3) is 0.208. The summed E-state index contributed by atoms with van der Waals surface area (Å²) in [6.45, 7) is 5.31. The summed E-state index contributed by atoms with van der Waals surface area (Å²) in [6.07, 6.45) is 0. The molecule has 0 fully saturated rings. The fourth-order valence-corrected chi connectivity index (χ4v) is 4.60. The Labute approximate surface area is 188 Å². The van der Waals surface area contributed by atoms with Crippen LogP contribution in [-0.4, -0.2) is 28.0 Å². The van der Waals surface area contributed by atoms with E-state index in [-0.39, 0.29) is 11.5 Å². The zero-order chi connectivity index (χ0) is 23.3. The molecule has 3 rings (SSSR count). The van der Waals surface area contributed by atoms with E-state index in [9.17, 15) is 13.2 Å². The van der Waals surface area contributed by atoms with Crippen LogP contribution in [0.15, 0.2) is 65.6 Å². The molecular formula is C24H26N2O5S. The van der Waals surface area contributed by atoms with Crippen molar-refractivity contribution in [3.8, 4) is 11.5 Å². The molecule has 2 N–H and O–H groups in total. The SMILES string of the molecule is COc1ccccc1NS(=O)(=O)c1cc(NC(=O)COc2c(C)cccc2C)ccc1C. The summed E-state index contributed by atoms with van der Waals surface area (Å²) in [5, 5.41) is 2.70. The molecule has 0 aromatic heterocycles. The maximum atomic E-state index is 13.0. The second kappa shape index (κ2) is 9.74. The Morgan fingerprint density at radius 1 is 0.906 bits per heavy atom. The van der Waals surface area contributed by atoms with Crippen LogP contribution in [0.25, 0.3) is 0 Å². The maximum Gasteiger partial charge on any atom is 0.262 e. The third-order valence-corrected chi connectivity index (χ3v) is 6.38. The highest BCUT2D eigenvalue weighted by Crippen LogP contribution is 2.28. The monoisotopic (exact) mass is 454 g/mol. The average Bonchev–Trinajstić information content (AvgIpc) is 2.75. The predicted molar refractivity (Wildman–Crippen MR) is 125 cm³/mol. The molecule has 8 heteroatoms. The molecule has 0 radical (unpaired) electrons. The van der Waals surface area contributed by atoms with Crippen LogP contribution in [0.5, 0.6) is 11.5 Å². The van der Waals surface area contributed by atoms with Crippen molar-refractivity contribution in [1.29, 1.82) is 0 Å². The first-order valence-corrected chi connectivity index (χ1v) is 11.4. The van der Waals surface area contributed by atoms with E-state index < -0.39 is 15.9 Å². The van der Waals surface area contributed by atoms with Gasteiger partial charge in [0.2, 0.25) is 0 Å². The zero-order valence-electron chi connectivity index (χ0n) is 18.4. The van der Waals surface area contributed by atoms with Gasteiger partial charge in [-0.25, -0.2) is 8.42 Å². The zero-order valence-corrected chi connectivity index (χ0v) is 19.2. The van der Waals surface area contributed by atoms with Crippen molar-refractivity contribution in [1.82, 2.24) is 0 Å². The Kier molecular flexibility index (Phi) is 7.05. The second-order valence-electron chi connectivity index (χ2n) is 7.34. The van der Waals surface area contributed by atoms with Crippen molar-refractivity contribution in [2.45, 2.75) is 25.7 Å². The van der Waals surface area contributed by atoms with Crippen molar-refractivity contribution < 1.29 is 22.7 Å². The van der Waals surface area contributed by atoms with E-state index in [1.807, 2.05) is 32.0 Å². The lowest BCUT2D eigenvalue weighted by atomic mass is 10.1. The van der Waals surface area contributed by atoms with Crippen LogP contribution in [0, 0.1) is 20.8 Å². The molecular weight excluding hydrogens is 428 g/mol. The standard InChI is InChI=1S/C24H26N2O5S/c1-16-12-13-19(25-23(27)15-31-24-17(2)8-7-9-18(24)3)14-22(16)32(28,29)26-20-10-5-6-11-21(20)30-4/h5-14,26H,15H2,1-4H3,(H,25,27). The van der Waals surface area contributed by atoms with E-state index in [4.69, 9.17) is 9.47 Å². The van der Waals surface area contributed by atoms with Gasteiger partial charge in [0.1, 0.15) is 11.5 Å². The predicted octanol–water partition coefficient (Wildman–Crippen LogP) is 4.44. The molecule has 0 saturated heterocycles. The third-order valence-electron chi connectivity index (χ3n) is 4.87. The summed E-state index contributed by atoms with van der Waals surface area (Å²) in [5.41, 5.74) is 3.09. The van der Waals surface area contributed by atoms with Gasteiger partial charge in [-0.3, -0.25) is 9.52 Å². The van der Waals surface area contributed by atoms with E-state index in [1.54, 1.807) is 43.3 Å². The highest BCUT2D eigenvalue weighted by molar-refractivity contribution is 7.92. The van der Waals surface area contributed by atoms with Gasteiger partial charge in [-0.15, -0.1) is 0 Å². The molecule has 3 aromatic carbocycles. The van der Waals surface area contributed by atoms with Crippen molar-refractivity contribution in [3.05, 3.63) is 77.4 Å². The van der Waals surface area contributed by atoms with Gasteiger partial charge < -0.3 is 14.8 Å². The van der Waals surface area contributed by atoms with E-state index in [2.05, 4.69) is 10.0 Å². The molecule has 7 nitrogen and oxygen atoms in total. The van der Waals surface area contributed by atoms with E-state index >= 15 is 0 Å². The number of para-hydroxylation sites is 3. The molecule has 3 aromatic rings. The number of anilines is 2. The van der Waals surface area contributed by atoms with Crippen molar-refractivity contribution in [2.24, 2.45) is 0 Å². The number of amides is 1. The molecule has 0 heterocycles. The topological polar surface area (TPSA) is 93.7 Å². The minimum absolute atomic E-state index is 0.0527. The molecule has 0 aliphatic rings. The number of benzene rings is 3. The van der Waals surface area contributed by atoms with Gasteiger partial charge in [0, 0.05) is 5.69 Å². The second-order valence-corrected chi connectivity index (χ2v) is 8.99. The van der Waals surface area contributed by atoms with Crippen LogP contribution >= 0.6 is 0 Å². The summed E-state index contributed by atoms with van der Waals surface area (Å²) in [4.78, 5) is 12.5. The maximum absolute atomic E-state index is 13.0. The third kappa shape index (κ3) is 5.39. The number of methoxy groups -OCH3 is 1. The van der Waals surface area contributed by atoms with Crippen LogP contribution in [0.4, 0.5) is 11.4 Å². The molecule has 1 amide bonds. The number of nitrogens with one attached hydrogen (secondary N) is 2. The normalized spacial score (nSPS) is 11.0. The van der Waals surface area contributed by atoms with Crippen molar-refractivity contribution >= 4 is 27.3 Å². The highest BCUT2D eigenvalue weighted by Gasteiger charge is 2.20. The molecule has 0 unspecified atom stereocenters. The molecule has 0 aliphatic heterocycles. The number of carbonyl (C=O) groups is 1. The number of rotatable bonds is 8. The van der Waals surface area contributed by atoms with Gasteiger partial charge in [-0.1, -0.05) is 36.4 Å². The van der Waals surface area contributed by atoms with Gasteiger partial charge in [0.15, 0.2) is 6.61 Å². The van der Waals surface area contributed by atoms with Gasteiger partial charge >= 0.3 is 0 Å². The van der Waals surface area contributed by atoms with Gasteiger partial charge in [-0.05, 0) is 61.7 Å². The number of hydrogen-bond donors (Lipinski definition) is 2.